The number of nitrogens with zero attached hydrogens (tertiary/aromatic N) is 5. The minimum Gasteiger partial charge on any atom is -0.343 e. The Bertz CT molecular complexity index is 475. The number of nitrogens with two attached hydrogens (primary N) is 1. The van der Waals surface area contributed by atoms with Gasteiger partial charge in [-0.1, -0.05) is 5.21 Å². The van der Waals surface area contributed by atoms with Crippen LogP contribution in [0.25, 0.3) is 0 Å². The SMILES string of the molecule is NCCn1cnc(C(=O)NCc2nn[nH]n2)c1. The van der Waals surface area contributed by atoms with Crippen molar-refractivity contribution in [3.05, 3.63) is 24.0 Å². The zero-order valence-corrected chi connectivity index (χ0v) is 9.00. The number of nitrogens with one attached hydrogen (secondary N) is 2. The van der Waals surface area contributed by atoms with Crippen LogP contribution in [0.5, 0.6) is 0 Å². The average molecular weight is 236 g/mol. The lowest BCUT2D eigenvalue weighted by Gasteiger charge is -1.98. The molecule has 90 valence electrons. The van der Waals surface area contributed by atoms with Gasteiger partial charge in [0.1, 0.15) is 5.69 Å². The van der Waals surface area contributed by atoms with Crippen LogP contribution in [0.3, 0.4) is 0 Å². The van der Waals surface area contributed by atoms with Crippen molar-refractivity contribution in [2.24, 2.45) is 5.73 Å². The first-order valence-corrected chi connectivity index (χ1v) is 5.02. The van der Waals surface area contributed by atoms with E-state index in [2.05, 4.69) is 30.9 Å². The lowest BCUT2D eigenvalue weighted by Crippen LogP contribution is -2.23. The van der Waals surface area contributed by atoms with Gasteiger partial charge >= 0.3 is 0 Å². The maximum atomic E-state index is 11.7. The normalized spacial score (nSPS) is 10.4. The highest BCUT2D eigenvalue weighted by Gasteiger charge is 2.09. The summed E-state index contributed by atoms with van der Waals surface area (Å²) in [7, 11) is 0. The van der Waals surface area contributed by atoms with E-state index in [1.807, 2.05) is 0 Å². The van der Waals surface area contributed by atoms with Gasteiger partial charge in [-0.2, -0.15) is 5.21 Å². The number of aromatic amines is 1. The molecule has 0 unspecified atom stereocenters. The van der Waals surface area contributed by atoms with Crippen LogP contribution in [0.2, 0.25) is 0 Å². The Morgan fingerprint density at radius 3 is 3.18 bits per heavy atom. The summed E-state index contributed by atoms with van der Waals surface area (Å²) < 4.78 is 1.75. The number of carbonyl (C=O) groups is 1. The number of hydrogen-bond acceptors (Lipinski definition) is 6. The fourth-order valence-electron chi connectivity index (χ4n) is 1.26. The number of amides is 1. The maximum Gasteiger partial charge on any atom is 0.271 e. The standard InChI is InChI=1S/C8H12N8O/c9-1-2-16-4-6(11-5-16)8(17)10-3-7-12-14-15-13-7/h4-5H,1-3,9H2,(H,10,17)(H,12,13,14,15). The summed E-state index contributed by atoms with van der Waals surface area (Å²) in [6.45, 7) is 1.34. The van der Waals surface area contributed by atoms with Gasteiger partial charge in [0.05, 0.1) is 12.9 Å². The molecule has 0 atom stereocenters. The van der Waals surface area contributed by atoms with Gasteiger partial charge in [0.2, 0.25) is 0 Å². The van der Waals surface area contributed by atoms with Crippen LogP contribution in [0, 0.1) is 0 Å². The summed E-state index contributed by atoms with van der Waals surface area (Å²) in [6.07, 6.45) is 3.20. The van der Waals surface area contributed by atoms with Gasteiger partial charge in [-0.05, 0) is 0 Å². The van der Waals surface area contributed by atoms with E-state index < -0.39 is 0 Å². The van der Waals surface area contributed by atoms with Crippen molar-refractivity contribution >= 4 is 5.91 Å². The van der Waals surface area contributed by atoms with Gasteiger partial charge in [-0.15, -0.1) is 10.2 Å². The molecule has 4 N–H and O–H groups in total. The Labute approximate surface area is 96.4 Å². The van der Waals surface area contributed by atoms with Crippen molar-refractivity contribution < 1.29 is 4.79 Å². The molecule has 0 aromatic carbocycles. The molecule has 2 aromatic heterocycles. The number of imidazole rings is 1. The zero-order valence-electron chi connectivity index (χ0n) is 9.00. The molecule has 0 radical (unpaired) electrons. The number of rotatable bonds is 5. The molecule has 0 fully saturated rings. The van der Waals surface area contributed by atoms with E-state index in [0.717, 1.165) is 0 Å². The topological polar surface area (TPSA) is 127 Å². The summed E-state index contributed by atoms with van der Waals surface area (Å²) in [5, 5.41) is 15.7. The third-order valence-corrected chi connectivity index (χ3v) is 2.05. The second-order valence-corrected chi connectivity index (χ2v) is 3.30. The van der Waals surface area contributed by atoms with Crippen molar-refractivity contribution in [2.75, 3.05) is 6.54 Å². The summed E-state index contributed by atoms with van der Waals surface area (Å²) in [5.41, 5.74) is 5.73. The molecule has 0 spiro atoms. The van der Waals surface area contributed by atoms with Gasteiger partial charge in [0, 0.05) is 19.3 Å². The van der Waals surface area contributed by atoms with Crippen LogP contribution in [0.4, 0.5) is 0 Å². The first-order valence-electron chi connectivity index (χ1n) is 5.02. The van der Waals surface area contributed by atoms with Gasteiger partial charge in [0.15, 0.2) is 5.82 Å². The Hall–Kier alpha value is -2.29. The molecular weight excluding hydrogens is 224 g/mol. The minimum atomic E-state index is -0.287. The molecule has 0 bridgehead atoms. The third-order valence-electron chi connectivity index (χ3n) is 2.05. The van der Waals surface area contributed by atoms with Crippen molar-refractivity contribution in [1.82, 2.24) is 35.5 Å². The van der Waals surface area contributed by atoms with Crippen LogP contribution in [0.1, 0.15) is 16.3 Å². The summed E-state index contributed by atoms with van der Waals surface area (Å²) in [6, 6.07) is 0. The molecule has 9 nitrogen and oxygen atoms in total. The van der Waals surface area contributed by atoms with Crippen LogP contribution < -0.4 is 11.1 Å². The van der Waals surface area contributed by atoms with Crippen molar-refractivity contribution in [3.63, 3.8) is 0 Å². The van der Waals surface area contributed by atoms with Gasteiger partial charge < -0.3 is 15.6 Å². The molecule has 0 saturated heterocycles. The minimum absolute atomic E-state index is 0.207. The molecule has 9 heteroatoms. The van der Waals surface area contributed by atoms with Gasteiger partial charge in [0.25, 0.3) is 5.91 Å². The molecule has 2 aromatic rings. The molecule has 0 aliphatic carbocycles. The third kappa shape index (κ3) is 2.84. The fraction of sp³-hybridized carbons (Fsp3) is 0.375. The largest absolute Gasteiger partial charge is 0.343 e. The van der Waals surface area contributed by atoms with Crippen molar-refractivity contribution in [3.8, 4) is 0 Å². The van der Waals surface area contributed by atoms with Crippen LogP contribution >= 0.6 is 0 Å². The second-order valence-electron chi connectivity index (χ2n) is 3.30. The van der Waals surface area contributed by atoms with E-state index in [-0.39, 0.29) is 12.5 Å². The van der Waals surface area contributed by atoms with Gasteiger partial charge in [-0.3, -0.25) is 4.79 Å². The van der Waals surface area contributed by atoms with E-state index >= 15 is 0 Å². The molecule has 0 aliphatic heterocycles. The molecule has 0 aliphatic rings. The summed E-state index contributed by atoms with van der Waals surface area (Å²) in [4.78, 5) is 15.6. The lowest BCUT2D eigenvalue weighted by atomic mass is 10.4. The van der Waals surface area contributed by atoms with E-state index in [0.29, 0.717) is 24.6 Å². The Balaban J connectivity index is 1.90. The molecule has 17 heavy (non-hydrogen) atoms. The summed E-state index contributed by atoms with van der Waals surface area (Å²) in [5.74, 6) is 0.130. The monoisotopic (exact) mass is 236 g/mol. The maximum absolute atomic E-state index is 11.7. The van der Waals surface area contributed by atoms with Crippen LogP contribution in [-0.2, 0) is 13.1 Å². The molecule has 2 rings (SSSR count). The van der Waals surface area contributed by atoms with E-state index in [4.69, 9.17) is 5.73 Å². The van der Waals surface area contributed by atoms with E-state index in [1.54, 1.807) is 17.1 Å². The summed E-state index contributed by atoms with van der Waals surface area (Å²) >= 11 is 0. The number of hydrogen-bond donors (Lipinski definition) is 3. The van der Waals surface area contributed by atoms with Gasteiger partial charge in [-0.25, -0.2) is 4.98 Å². The van der Waals surface area contributed by atoms with E-state index in [1.165, 1.54) is 0 Å². The number of aromatic nitrogens is 6. The highest BCUT2D eigenvalue weighted by molar-refractivity contribution is 5.91. The number of tetrazole rings is 1. The fourth-order valence-corrected chi connectivity index (χ4v) is 1.26. The van der Waals surface area contributed by atoms with E-state index in [9.17, 15) is 4.79 Å². The van der Waals surface area contributed by atoms with Crippen LogP contribution in [0.15, 0.2) is 12.5 Å². The molecule has 2 heterocycles. The Morgan fingerprint density at radius 2 is 2.47 bits per heavy atom. The second kappa shape index (κ2) is 5.16. The first-order chi connectivity index (χ1) is 8.29. The first kappa shape index (κ1) is 11.2. The zero-order chi connectivity index (χ0) is 12.1. The smallest absolute Gasteiger partial charge is 0.271 e. The Kier molecular flexibility index (Phi) is 3.40. The predicted octanol–water partition coefficient (Wildman–Crippen LogP) is -1.72. The van der Waals surface area contributed by atoms with Crippen LogP contribution in [-0.4, -0.2) is 42.6 Å². The highest BCUT2D eigenvalue weighted by atomic mass is 16.1. The van der Waals surface area contributed by atoms with Crippen molar-refractivity contribution in [2.45, 2.75) is 13.1 Å². The molecule has 0 saturated carbocycles. The predicted molar refractivity (Wildman–Crippen MR) is 56.6 cm³/mol. The quantitative estimate of drug-likeness (QED) is 0.567. The van der Waals surface area contributed by atoms with Crippen molar-refractivity contribution in [1.29, 1.82) is 0 Å². The highest BCUT2D eigenvalue weighted by Crippen LogP contribution is 1.96. The Morgan fingerprint density at radius 1 is 1.59 bits per heavy atom. The lowest BCUT2D eigenvalue weighted by molar-refractivity contribution is 0.0945. The number of H-pyrrole nitrogens is 1. The molecular formula is C8H12N8O. The molecule has 1 amide bonds. The average Bonchev–Trinajstić information content (AvgIpc) is 2.97. The number of carbonyl (C=O) groups excluding carboxylic acids is 1.